The number of aryl methyl sites for hydroxylation is 1. The standard InChI is InChI=1S/C18H16O2/c1-12-8-10-15(11-9-12)17-16(13(2)18(19)20-17)14-6-4-3-5-7-14/h3-11,16-17H,2H2,1H3/t16-,17+/m0/s1. The van der Waals surface area contributed by atoms with Crippen molar-refractivity contribution in [2.75, 3.05) is 0 Å². The number of rotatable bonds is 2. The maximum atomic E-state index is 11.9. The molecule has 1 aliphatic heterocycles. The van der Waals surface area contributed by atoms with Gasteiger partial charge in [-0.15, -0.1) is 0 Å². The molecule has 1 heterocycles. The van der Waals surface area contributed by atoms with Crippen molar-refractivity contribution in [3.05, 3.63) is 83.4 Å². The van der Waals surface area contributed by atoms with Gasteiger partial charge >= 0.3 is 5.97 Å². The first-order valence-corrected chi connectivity index (χ1v) is 6.68. The van der Waals surface area contributed by atoms with Crippen molar-refractivity contribution in [3.8, 4) is 0 Å². The Labute approximate surface area is 118 Å². The lowest BCUT2D eigenvalue weighted by Gasteiger charge is -2.18. The Balaban J connectivity index is 2.02. The second-order valence-electron chi connectivity index (χ2n) is 5.15. The second kappa shape index (κ2) is 4.97. The fourth-order valence-corrected chi connectivity index (χ4v) is 2.62. The Morgan fingerprint density at radius 1 is 0.950 bits per heavy atom. The number of cyclic esters (lactones) is 1. The van der Waals surface area contributed by atoms with Gasteiger partial charge in [-0.1, -0.05) is 66.7 Å². The van der Waals surface area contributed by atoms with E-state index < -0.39 is 0 Å². The molecule has 0 aromatic heterocycles. The molecule has 1 aliphatic rings. The SMILES string of the molecule is C=C1C(=O)O[C@H](c2ccc(C)cc2)[C@@H]1c1ccccc1. The van der Waals surface area contributed by atoms with Crippen molar-refractivity contribution in [2.45, 2.75) is 18.9 Å². The molecular formula is C18H16O2. The third-order valence-corrected chi connectivity index (χ3v) is 3.74. The Morgan fingerprint density at radius 3 is 2.25 bits per heavy atom. The monoisotopic (exact) mass is 264 g/mol. The van der Waals surface area contributed by atoms with E-state index in [-0.39, 0.29) is 18.0 Å². The summed E-state index contributed by atoms with van der Waals surface area (Å²) in [4.78, 5) is 11.9. The lowest BCUT2D eigenvalue weighted by atomic mass is 9.86. The summed E-state index contributed by atoms with van der Waals surface area (Å²) in [7, 11) is 0. The summed E-state index contributed by atoms with van der Waals surface area (Å²) in [6.07, 6.45) is -0.280. The molecule has 1 fully saturated rings. The molecule has 2 aromatic rings. The van der Waals surface area contributed by atoms with E-state index in [4.69, 9.17) is 4.74 Å². The molecule has 100 valence electrons. The summed E-state index contributed by atoms with van der Waals surface area (Å²) < 4.78 is 5.53. The molecule has 1 saturated heterocycles. The van der Waals surface area contributed by atoms with Gasteiger partial charge in [0.1, 0.15) is 6.10 Å². The second-order valence-corrected chi connectivity index (χ2v) is 5.15. The number of ether oxygens (including phenoxy) is 1. The van der Waals surface area contributed by atoms with Gasteiger partial charge in [-0.05, 0) is 18.1 Å². The van der Waals surface area contributed by atoms with E-state index in [2.05, 4.69) is 6.58 Å². The van der Waals surface area contributed by atoms with Crippen molar-refractivity contribution in [1.29, 1.82) is 0 Å². The summed E-state index contributed by atoms with van der Waals surface area (Å²) in [6.45, 7) is 5.95. The maximum absolute atomic E-state index is 11.9. The van der Waals surface area contributed by atoms with Crippen LogP contribution in [0.25, 0.3) is 0 Å². The number of esters is 1. The van der Waals surface area contributed by atoms with Crippen LogP contribution in [0.3, 0.4) is 0 Å². The minimum Gasteiger partial charge on any atom is -0.453 e. The van der Waals surface area contributed by atoms with Gasteiger partial charge in [0.2, 0.25) is 0 Å². The molecule has 0 amide bonds. The fraction of sp³-hybridized carbons (Fsp3) is 0.167. The molecule has 2 atom stereocenters. The van der Waals surface area contributed by atoms with Gasteiger partial charge in [-0.25, -0.2) is 4.79 Å². The van der Waals surface area contributed by atoms with Crippen LogP contribution < -0.4 is 0 Å². The molecule has 0 unspecified atom stereocenters. The van der Waals surface area contributed by atoms with Crippen LogP contribution in [-0.2, 0) is 9.53 Å². The zero-order valence-corrected chi connectivity index (χ0v) is 11.4. The summed E-state index contributed by atoms with van der Waals surface area (Å²) in [6, 6.07) is 18.0. The minimum atomic E-state index is -0.301. The lowest BCUT2D eigenvalue weighted by Crippen LogP contribution is -2.07. The highest BCUT2D eigenvalue weighted by Gasteiger charge is 2.40. The predicted molar refractivity (Wildman–Crippen MR) is 78.3 cm³/mol. The molecule has 3 rings (SSSR count). The Bertz CT molecular complexity index is 641. The van der Waals surface area contributed by atoms with Crippen LogP contribution in [0.1, 0.15) is 28.7 Å². The Hall–Kier alpha value is -2.35. The summed E-state index contributed by atoms with van der Waals surface area (Å²) in [5.41, 5.74) is 3.79. The Kier molecular flexibility index (Phi) is 3.15. The van der Waals surface area contributed by atoms with E-state index >= 15 is 0 Å². The van der Waals surface area contributed by atoms with E-state index in [1.165, 1.54) is 5.56 Å². The van der Waals surface area contributed by atoms with Gasteiger partial charge < -0.3 is 4.74 Å². The molecular weight excluding hydrogens is 248 g/mol. The molecule has 2 aromatic carbocycles. The topological polar surface area (TPSA) is 26.3 Å². The first-order valence-electron chi connectivity index (χ1n) is 6.68. The number of hydrogen-bond donors (Lipinski definition) is 0. The molecule has 0 N–H and O–H groups in total. The van der Waals surface area contributed by atoms with Gasteiger partial charge in [0.25, 0.3) is 0 Å². The number of carbonyl (C=O) groups is 1. The lowest BCUT2D eigenvalue weighted by molar-refractivity contribution is -0.139. The number of hydrogen-bond acceptors (Lipinski definition) is 2. The first-order chi connectivity index (χ1) is 9.66. The van der Waals surface area contributed by atoms with E-state index in [1.807, 2.05) is 61.5 Å². The molecule has 0 saturated carbocycles. The highest BCUT2D eigenvalue weighted by molar-refractivity contribution is 5.92. The predicted octanol–water partition coefficient (Wildman–Crippen LogP) is 3.93. The van der Waals surface area contributed by atoms with Crippen LogP contribution in [-0.4, -0.2) is 5.97 Å². The van der Waals surface area contributed by atoms with Crippen LogP contribution in [0.4, 0.5) is 0 Å². The van der Waals surface area contributed by atoms with Crippen molar-refractivity contribution in [1.82, 2.24) is 0 Å². The van der Waals surface area contributed by atoms with Crippen molar-refractivity contribution in [2.24, 2.45) is 0 Å². The van der Waals surface area contributed by atoms with Crippen LogP contribution in [0, 0.1) is 6.92 Å². The molecule has 0 bridgehead atoms. The van der Waals surface area contributed by atoms with E-state index in [9.17, 15) is 4.79 Å². The summed E-state index contributed by atoms with van der Waals surface area (Å²) in [5, 5.41) is 0. The smallest absolute Gasteiger partial charge is 0.334 e. The van der Waals surface area contributed by atoms with Crippen LogP contribution in [0.5, 0.6) is 0 Å². The Morgan fingerprint density at radius 2 is 1.60 bits per heavy atom. The summed E-state index contributed by atoms with van der Waals surface area (Å²) in [5.74, 6) is -0.407. The number of carbonyl (C=O) groups excluding carboxylic acids is 1. The molecule has 2 nitrogen and oxygen atoms in total. The van der Waals surface area contributed by atoms with E-state index in [0.29, 0.717) is 5.57 Å². The van der Waals surface area contributed by atoms with Crippen molar-refractivity contribution >= 4 is 5.97 Å². The average molecular weight is 264 g/mol. The van der Waals surface area contributed by atoms with Crippen LogP contribution >= 0.6 is 0 Å². The largest absolute Gasteiger partial charge is 0.453 e. The highest BCUT2D eigenvalue weighted by atomic mass is 16.6. The third kappa shape index (κ3) is 2.14. The molecule has 2 heteroatoms. The quantitative estimate of drug-likeness (QED) is 0.606. The van der Waals surface area contributed by atoms with Gasteiger partial charge in [0.15, 0.2) is 0 Å². The fourth-order valence-electron chi connectivity index (χ4n) is 2.62. The molecule has 20 heavy (non-hydrogen) atoms. The normalized spacial score (nSPS) is 21.9. The first kappa shape index (κ1) is 12.7. The van der Waals surface area contributed by atoms with Gasteiger partial charge in [0, 0.05) is 5.57 Å². The average Bonchev–Trinajstić information content (AvgIpc) is 2.77. The number of benzene rings is 2. The molecule has 0 radical (unpaired) electrons. The minimum absolute atomic E-state index is 0.105. The molecule has 0 aliphatic carbocycles. The van der Waals surface area contributed by atoms with Crippen LogP contribution in [0.15, 0.2) is 66.7 Å². The zero-order valence-electron chi connectivity index (χ0n) is 11.4. The van der Waals surface area contributed by atoms with Gasteiger partial charge in [-0.3, -0.25) is 0 Å². The van der Waals surface area contributed by atoms with Crippen molar-refractivity contribution in [3.63, 3.8) is 0 Å². The summed E-state index contributed by atoms with van der Waals surface area (Å²) >= 11 is 0. The van der Waals surface area contributed by atoms with Gasteiger partial charge in [-0.2, -0.15) is 0 Å². The third-order valence-electron chi connectivity index (χ3n) is 3.74. The van der Waals surface area contributed by atoms with E-state index in [1.54, 1.807) is 0 Å². The van der Waals surface area contributed by atoms with Crippen molar-refractivity contribution < 1.29 is 9.53 Å². The zero-order chi connectivity index (χ0) is 14.1. The molecule has 0 spiro atoms. The maximum Gasteiger partial charge on any atom is 0.334 e. The highest BCUT2D eigenvalue weighted by Crippen LogP contribution is 2.44. The van der Waals surface area contributed by atoms with E-state index in [0.717, 1.165) is 11.1 Å². The van der Waals surface area contributed by atoms with Crippen LogP contribution in [0.2, 0.25) is 0 Å². The van der Waals surface area contributed by atoms with Gasteiger partial charge in [0.05, 0.1) is 5.92 Å².